The second-order valence-corrected chi connectivity index (χ2v) is 7.67. The molecule has 1 amide bonds. The highest BCUT2D eigenvalue weighted by Crippen LogP contribution is 2.25. The number of likely N-dealkylation sites (tertiary alicyclic amines) is 1. The van der Waals surface area contributed by atoms with Gasteiger partial charge in [0.25, 0.3) is 0 Å². The lowest BCUT2D eigenvalue weighted by Crippen LogP contribution is -2.55. The molecule has 1 saturated heterocycles. The first kappa shape index (κ1) is 18.9. The van der Waals surface area contributed by atoms with Crippen LogP contribution in [0.15, 0.2) is 30.3 Å². The van der Waals surface area contributed by atoms with Gasteiger partial charge in [-0.1, -0.05) is 43.7 Å². The smallest absolute Gasteiger partial charge is 0.221 e. The third-order valence-electron chi connectivity index (χ3n) is 5.30. The first-order valence-electron chi connectivity index (χ1n) is 9.24. The van der Waals surface area contributed by atoms with Crippen molar-refractivity contribution in [2.75, 3.05) is 19.6 Å². The van der Waals surface area contributed by atoms with Gasteiger partial charge in [0.05, 0.1) is 0 Å². The van der Waals surface area contributed by atoms with E-state index in [0.717, 1.165) is 24.6 Å². The van der Waals surface area contributed by atoms with E-state index in [0.29, 0.717) is 13.0 Å². The van der Waals surface area contributed by atoms with Gasteiger partial charge in [0.2, 0.25) is 5.91 Å². The third kappa shape index (κ3) is 5.32. The third-order valence-corrected chi connectivity index (χ3v) is 5.30. The van der Waals surface area contributed by atoms with Crippen molar-refractivity contribution in [3.05, 3.63) is 35.9 Å². The fraction of sp³-hybridized carbons (Fsp3) is 0.650. The van der Waals surface area contributed by atoms with Crippen LogP contribution in [0.2, 0.25) is 0 Å². The van der Waals surface area contributed by atoms with Gasteiger partial charge < -0.3 is 11.1 Å². The number of piperidine rings is 1. The molecule has 2 unspecified atom stereocenters. The van der Waals surface area contributed by atoms with Crippen molar-refractivity contribution >= 4 is 5.91 Å². The Kier molecular flexibility index (Phi) is 6.81. The van der Waals surface area contributed by atoms with Crippen molar-refractivity contribution in [1.82, 2.24) is 10.2 Å². The molecule has 2 rings (SSSR count). The zero-order valence-corrected chi connectivity index (χ0v) is 15.4. The lowest BCUT2D eigenvalue weighted by Gasteiger charge is -2.43. The van der Waals surface area contributed by atoms with Gasteiger partial charge in [0.15, 0.2) is 0 Å². The minimum absolute atomic E-state index is 0.0135. The molecule has 134 valence electrons. The van der Waals surface area contributed by atoms with E-state index in [4.69, 9.17) is 5.73 Å². The summed E-state index contributed by atoms with van der Waals surface area (Å²) in [7, 11) is 0. The van der Waals surface area contributed by atoms with Crippen LogP contribution >= 0.6 is 0 Å². The van der Waals surface area contributed by atoms with Crippen molar-refractivity contribution in [2.45, 2.75) is 58.0 Å². The second-order valence-electron chi connectivity index (χ2n) is 7.67. The molecule has 0 saturated carbocycles. The highest BCUT2D eigenvalue weighted by molar-refractivity contribution is 5.76. The molecule has 1 heterocycles. The predicted octanol–water partition coefficient (Wildman–Crippen LogP) is 3.09. The largest absolute Gasteiger partial charge is 0.354 e. The van der Waals surface area contributed by atoms with E-state index in [-0.39, 0.29) is 17.5 Å². The topological polar surface area (TPSA) is 58.4 Å². The van der Waals surface area contributed by atoms with E-state index in [9.17, 15) is 4.79 Å². The van der Waals surface area contributed by atoms with Crippen molar-refractivity contribution in [2.24, 2.45) is 11.7 Å². The Morgan fingerprint density at radius 2 is 2.08 bits per heavy atom. The molecule has 1 aromatic rings. The van der Waals surface area contributed by atoms with Gasteiger partial charge in [0.1, 0.15) is 0 Å². The van der Waals surface area contributed by atoms with Crippen LogP contribution in [-0.4, -0.2) is 36.0 Å². The molecule has 4 heteroatoms. The fourth-order valence-electron chi connectivity index (χ4n) is 3.46. The molecule has 0 radical (unpaired) electrons. The lowest BCUT2D eigenvalue weighted by molar-refractivity contribution is -0.122. The molecule has 0 aliphatic carbocycles. The maximum atomic E-state index is 12.3. The molecule has 0 spiro atoms. The first-order valence-corrected chi connectivity index (χ1v) is 9.24. The van der Waals surface area contributed by atoms with Crippen LogP contribution in [0.5, 0.6) is 0 Å². The maximum absolute atomic E-state index is 12.3. The summed E-state index contributed by atoms with van der Waals surface area (Å²) >= 11 is 0. The number of carbonyl (C=O) groups is 1. The Labute approximate surface area is 146 Å². The van der Waals surface area contributed by atoms with Crippen LogP contribution in [0.1, 0.15) is 58.1 Å². The van der Waals surface area contributed by atoms with Crippen LogP contribution < -0.4 is 11.1 Å². The standard InChI is InChI=1S/C20H33N3O/c1-4-16-9-8-12-23(14-16)20(2,3)15-22-19(24)13-18(21)17-10-6-5-7-11-17/h5-7,10-11,16,18H,4,8-9,12-15,21H2,1-3H3,(H,22,24). The number of benzene rings is 1. The van der Waals surface area contributed by atoms with Crippen molar-refractivity contribution < 1.29 is 4.79 Å². The Morgan fingerprint density at radius 3 is 2.75 bits per heavy atom. The fourth-order valence-corrected chi connectivity index (χ4v) is 3.46. The molecule has 24 heavy (non-hydrogen) atoms. The zero-order chi connectivity index (χ0) is 17.6. The molecule has 1 aliphatic heterocycles. The molecule has 1 aliphatic rings. The minimum atomic E-state index is -0.242. The van der Waals surface area contributed by atoms with E-state index >= 15 is 0 Å². The summed E-state index contributed by atoms with van der Waals surface area (Å²) in [5.74, 6) is 0.823. The monoisotopic (exact) mass is 331 g/mol. The molecule has 3 N–H and O–H groups in total. The van der Waals surface area contributed by atoms with Gasteiger partial charge in [-0.2, -0.15) is 0 Å². The van der Waals surface area contributed by atoms with Crippen LogP contribution in [0.3, 0.4) is 0 Å². The number of nitrogens with two attached hydrogens (primary N) is 1. The molecule has 0 bridgehead atoms. The number of nitrogens with one attached hydrogen (secondary N) is 1. The number of hydrogen-bond acceptors (Lipinski definition) is 3. The van der Waals surface area contributed by atoms with Crippen molar-refractivity contribution in [1.29, 1.82) is 0 Å². The molecule has 2 atom stereocenters. The molecule has 1 aromatic carbocycles. The number of amides is 1. The summed E-state index contributed by atoms with van der Waals surface area (Å²) in [5, 5.41) is 3.09. The summed E-state index contributed by atoms with van der Waals surface area (Å²) in [6.07, 6.45) is 4.17. The normalized spacial score (nSPS) is 20.6. The summed E-state index contributed by atoms with van der Waals surface area (Å²) < 4.78 is 0. The Morgan fingerprint density at radius 1 is 1.38 bits per heavy atom. The van der Waals surface area contributed by atoms with Gasteiger partial charge in [0, 0.05) is 31.1 Å². The summed E-state index contributed by atoms with van der Waals surface area (Å²) in [6.45, 7) is 9.66. The number of nitrogens with zero attached hydrogens (tertiary/aromatic N) is 1. The molecule has 1 fully saturated rings. The quantitative estimate of drug-likeness (QED) is 0.807. The van der Waals surface area contributed by atoms with Gasteiger partial charge in [-0.15, -0.1) is 0 Å². The van der Waals surface area contributed by atoms with E-state index in [1.54, 1.807) is 0 Å². The minimum Gasteiger partial charge on any atom is -0.354 e. The van der Waals surface area contributed by atoms with Crippen molar-refractivity contribution in [3.63, 3.8) is 0 Å². The summed E-state index contributed by atoms with van der Waals surface area (Å²) in [4.78, 5) is 14.8. The van der Waals surface area contributed by atoms with Crippen LogP contribution in [0.25, 0.3) is 0 Å². The SMILES string of the molecule is CCC1CCCN(C(C)(C)CNC(=O)CC(N)c2ccccc2)C1. The Hall–Kier alpha value is -1.39. The van der Waals surface area contributed by atoms with Gasteiger partial charge in [-0.25, -0.2) is 0 Å². The van der Waals surface area contributed by atoms with E-state index in [1.165, 1.54) is 19.3 Å². The van der Waals surface area contributed by atoms with Crippen LogP contribution in [0, 0.1) is 5.92 Å². The molecular formula is C20H33N3O. The Balaban J connectivity index is 1.81. The van der Waals surface area contributed by atoms with Crippen LogP contribution in [0.4, 0.5) is 0 Å². The van der Waals surface area contributed by atoms with Gasteiger partial charge >= 0.3 is 0 Å². The van der Waals surface area contributed by atoms with Crippen molar-refractivity contribution in [3.8, 4) is 0 Å². The second kappa shape index (κ2) is 8.63. The van der Waals surface area contributed by atoms with Crippen LogP contribution in [-0.2, 0) is 4.79 Å². The molecule has 0 aromatic heterocycles. The zero-order valence-electron chi connectivity index (χ0n) is 15.4. The molecular weight excluding hydrogens is 298 g/mol. The first-order chi connectivity index (χ1) is 11.4. The maximum Gasteiger partial charge on any atom is 0.221 e. The van der Waals surface area contributed by atoms with E-state index in [2.05, 4.69) is 31.0 Å². The molecule has 4 nitrogen and oxygen atoms in total. The number of hydrogen-bond donors (Lipinski definition) is 2. The average molecular weight is 332 g/mol. The average Bonchev–Trinajstić information content (AvgIpc) is 2.61. The summed E-state index contributed by atoms with van der Waals surface area (Å²) in [5.41, 5.74) is 7.14. The Bertz CT molecular complexity index is 515. The van der Waals surface area contributed by atoms with E-state index < -0.39 is 0 Å². The lowest BCUT2D eigenvalue weighted by atomic mass is 9.91. The number of carbonyl (C=O) groups excluding carboxylic acids is 1. The van der Waals surface area contributed by atoms with Gasteiger partial charge in [-0.3, -0.25) is 9.69 Å². The van der Waals surface area contributed by atoms with Gasteiger partial charge in [-0.05, 0) is 44.7 Å². The highest BCUT2D eigenvalue weighted by atomic mass is 16.1. The number of rotatable bonds is 7. The highest BCUT2D eigenvalue weighted by Gasteiger charge is 2.31. The summed E-state index contributed by atoms with van der Waals surface area (Å²) in [6, 6.07) is 9.57. The predicted molar refractivity (Wildman–Crippen MR) is 99.7 cm³/mol. The van der Waals surface area contributed by atoms with E-state index in [1.807, 2.05) is 30.3 Å².